The van der Waals surface area contributed by atoms with Crippen molar-refractivity contribution in [1.82, 2.24) is 4.90 Å². The van der Waals surface area contributed by atoms with E-state index in [1.807, 2.05) is 4.90 Å². The van der Waals surface area contributed by atoms with Crippen LogP contribution in [-0.2, 0) is 0 Å². The lowest BCUT2D eigenvalue weighted by Gasteiger charge is -2.07. The van der Waals surface area contributed by atoms with Gasteiger partial charge in [-0.05, 0) is 6.42 Å². The molecule has 10 heavy (non-hydrogen) atoms. The van der Waals surface area contributed by atoms with E-state index in [0.717, 1.165) is 19.5 Å². The molecule has 1 aliphatic rings. The number of hydrogen-bond acceptors (Lipinski definition) is 3. The molecule has 0 radical (unpaired) electrons. The average molecular weight is 135 g/mol. The predicted octanol–water partition coefficient (Wildman–Crippen LogP) is 0.355. The normalized spacial score (nSPS) is 25.6. The van der Waals surface area contributed by atoms with Gasteiger partial charge in [0.1, 0.15) is 0 Å². The second-order valence-electron chi connectivity index (χ2n) is 2.51. The van der Waals surface area contributed by atoms with Crippen LogP contribution in [0, 0.1) is 28.6 Å². The Bertz CT molecular complexity index is 186. The van der Waals surface area contributed by atoms with Crippen molar-refractivity contribution in [2.75, 3.05) is 19.6 Å². The van der Waals surface area contributed by atoms with Crippen LogP contribution in [-0.4, -0.2) is 24.5 Å². The minimum absolute atomic E-state index is 0.161. The van der Waals surface area contributed by atoms with Crippen molar-refractivity contribution in [3.63, 3.8) is 0 Å². The van der Waals surface area contributed by atoms with Gasteiger partial charge in [0.2, 0.25) is 0 Å². The Balaban J connectivity index is 2.32. The van der Waals surface area contributed by atoms with Gasteiger partial charge in [-0.1, -0.05) is 0 Å². The molecule has 1 atom stereocenters. The van der Waals surface area contributed by atoms with Crippen molar-refractivity contribution in [1.29, 1.82) is 10.5 Å². The van der Waals surface area contributed by atoms with Crippen molar-refractivity contribution >= 4 is 0 Å². The fourth-order valence-electron chi connectivity index (χ4n) is 1.18. The van der Waals surface area contributed by atoms with Gasteiger partial charge in [0.25, 0.3) is 0 Å². The maximum atomic E-state index is 8.49. The van der Waals surface area contributed by atoms with Gasteiger partial charge < -0.3 is 0 Å². The third-order valence-corrected chi connectivity index (χ3v) is 1.75. The fourth-order valence-corrected chi connectivity index (χ4v) is 1.18. The van der Waals surface area contributed by atoms with Crippen LogP contribution in [0.1, 0.15) is 6.42 Å². The van der Waals surface area contributed by atoms with Crippen molar-refractivity contribution < 1.29 is 0 Å². The van der Waals surface area contributed by atoms with E-state index in [1.165, 1.54) is 0 Å². The van der Waals surface area contributed by atoms with Crippen LogP contribution in [0.4, 0.5) is 0 Å². The molecular formula is C7H9N3. The van der Waals surface area contributed by atoms with Crippen LogP contribution in [0.25, 0.3) is 0 Å². The Morgan fingerprint density at radius 2 is 2.30 bits per heavy atom. The first kappa shape index (κ1) is 7.05. The monoisotopic (exact) mass is 135 g/mol. The zero-order valence-electron chi connectivity index (χ0n) is 5.75. The standard InChI is InChI=1S/C7H9N3/c8-2-4-10-3-1-7(5-9)6-10/h7H,1,3-4,6H2. The van der Waals surface area contributed by atoms with E-state index in [4.69, 9.17) is 10.5 Å². The quantitative estimate of drug-likeness (QED) is 0.487. The van der Waals surface area contributed by atoms with Gasteiger partial charge in [0, 0.05) is 13.1 Å². The van der Waals surface area contributed by atoms with Crippen LogP contribution in [0.2, 0.25) is 0 Å². The Kier molecular flexibility index (Phi) is 2.25. The molecule has 3 heteroatoms. The van der Waals surface area contributed by atoms with E-state index in [-0.39, 0.29) is 5.92 Å². The maximum absolute atomic E-state index is 8.49. The molecule has 1 rings (SSSR count). The lowest BCUT2D eigenvalue weighted by atomic mass is 10.1. The molecule has 0 bridgehead atoms. The summed E-state index contributed by atoms with van der Waals surface area (Å²) in [6.45, 7) is 2.16. The summed E-state index contributed by atoms with van der Waals surface area (Å²) in [6.07, 6.45) is 0.929. The van der Waals surface area contributed by atoms with Gasteiger partial charge in [0.15, 0.2) is 0 Å². The number of rotatable bonds is 1. The summed E-state index contributed by atoms with van der Waals surface area (Å²) in [5, 5.41) is 16.8. The number of nitrogens with zero attached hydrogens (tertiary/aromatic N) is 3. The van der Waals surface area contributed by atoms with Crippen LogP contribution < -0.4 is 0 Å². The van der Waals surface area contributed by atoms with Gasteiger partial charge in [-0.15, -0.1) is 0 Å². The first-order valence-electron chi connectivity index (χ1n) is 3.35. The highest BCUT2D eigenvalue weighted by Gasteiger charge is 2.20. The Morgan fingerprint density at radius 3 is 2.80 bits per heavy atom. The first-order chi connectivity index (χ1) is 4.86. The molecule has 1 fully saturated rings. The Labute approximate surface area is 60.5 Å². The maximum Gasteiger partial charge on any atom is 0.0866 e. The van der Waals surface area contributed by atoms with Crippen LogP contribution in [0.15, 0.2) is 0 Å². The van der Waals surface area contributed by atoms with Gasteiger partial charge in [0.05, 0.1) is 24.6 Å². The van der Waals surface area contributed by atoms with E-state index in [9.17, 15) is 0 Å². The van der Waals surface area contributed by atoms with Gasteiger partial charge in [-0.2, -0.15) is 10.5 Å². The van der Waals surface area contributed by atoms with Gasteiger partial charge >= 0.3 is 0 Å². The van der Waals surface area contributed by atoms with E-state index >= 15 is 0 Å². The molecule has 0 spiro atoms. The number of hydrogen-bond donors (Lipinski definition) is 0. The largest absolute Gasteiger partial charge is 0.289 e. The summed E-state index contributed by atoms with van der Waals surface area (Å²) >= 11 is 0. The van der Waals surface area contributed by atoms with Gasteiger partial charge in [-0.3, -0.25) is 4.90 Å². The summed E-state index contributed by atoms with van der Waals surface area (Å²) in [4.78, 5) is 2.01. The molecule has 1 heterocycles. The summed E-state index contributed by atoms with van der Waals surface area (Å²) in [5.41, 5.74) is 0. The molecule has 1 unspecified atom stereocenters. The van der Waals surface area contributed by atoms with E-state index < -0.39 is 0 Å². The smallest absolute Gasteiger partial charge is 0.0866 e. The molecular weight excluding hydrogens is 126 g/mol. The van der Waals surface area contributed by atoms with Crippen LogP contribution in [0.5, 0.6) is 0 Å². The lowest BCUT2D eigenvalue weighted by Crippen LogP contribution is -2.20. The molecule has 0 aromatic heterocycles. The zero-order chi connectivity index (χ0) is 7.40. The highest BCUT2D eigenvalue weighted by atomic mass is 15.1. The summed E-state index contributed by atoms with van der Waals surface area (Å²) in [5.74, 6) is 0.161. The van der Waals surface area contributed by atoms with Crippen molar-refractivity contribution in [2.45, 2.75) is 6.42 Å². The number of likely N-dealkylation sites (tertiary alicyclic amines) is 1. The Morgan fingerprint density at radius 1 is 1.50 bits per heavy atom. The second-order valence-corrected chi connectivity index (χ2v) is 2.51. The summed E-state index contributed by atoms with van der Waals surface area (Å²) < 4.78 is 0. The van der Waals surface area contributed by atoms with Gasteiger partial charge in [-0.25, -0.2) is 0 Å². The third-order valence-electron chi connectivity index (χ3n) is 1.75. The molecule has 0 amide bonds. The molecule has 52 valence electrons. The number of nitriles is 2. The Hall–Kier alpha value is -1.06. The average Bonchev–Trinajstić information content (AvgIpc) is 2.37. The highest BCUT2D eigenvalue weighted by Crippen LogP contribution is 2.13. The minimum Gasteiger partial charge on any atom is -0.289 e. The molecule has 0 aliphatic carbocycles. The lowest BCUT2D eigenvalue weighted by molar-refractivity contribution is 0.374. The van der Waals surface area contributed by atoms with E-state index in [1.54, 1.807) is 0 Å². The van der Waals surface area contributed by atoms with Crippen LogP contribution >= 0.6 is 0 Å². The van der Waals surface area contributed by atoms with Crippen LogP contribution in [0.3, 0.4) is 0 Å². The molecule has 0 N–H and O–H groups in total. The topological polar surface area (TPSA) is 50.8 Å². The van der Waals surface area contributed by atoms with E-state index in [0.29, 0.717) is 6.54 Å². The highest BCUT2D eigenvalue weighted by molar-refractivity contribution is 4.92. The molecule has 3 nitrogen and oxygen atoms in total. The predicted molar refractivity (Wildman–Crippen MR) is 35.8 cm³/mol. The fraction of sp³-hybridized carbons (Fsp3) is 0.714. The molecule has 0 aromatic carbocycles. The minimum atomic E-state index is 0.161. The summed E-state index contributed by atoms with van der Waals surface area (Å²) in [6, 6.07) is 4.27. The van der Waals surface area contributed by atoms with E-state index in [2.05, 4.69) is 12.1 Å². The SMILES string of the molecule is N#CCN1CCC(C#N)C1. The van der Waals surface area contributed by atoms with Crippen molar-refractivity contribution in [2.24, 2.45) is 5.92 Å². The van der Waals surface area contributed by atoms with Crippen molar-refractivity contribution in [3.05, 3.63) is 0 Å². The first-order valence-corrected chi connectivity index (χ1v) is 3.35. The molecule has 1 aliphatic heterocycles. The molecule has 0 aromatic rings. The van der Waals surface area contributed by atoms with Crippen molar-refractivity contribution in [3.8, 4) is 12.1 Å². The third kappa shape index (κ3) is 1.46. The zero-order valence-corrected chi connectivity index (χ0v) is 5.75. The summed E-state index contributed by atoms with van der Waals surface area (Å²) in [7, 11) is 0. The second kappa shape index (κ2) is 3.20. The molecule has 1 saturated heterocycles. The molecule has 0 saturated carbocycles.